The molecule has 1 N–H and O–H groups in total. The molecule has 6 nitrogen and oxygen atoms in total. The van der Waals surface area contributed by atoms with E-state index in [2.05, 4.69) is 5.32 Å². The number of anilines is 2. The summed E-state index contributed by atoms with van der Waals surface area (Å²) < 4.78 is 37.6. The maximum absolute atomic E-state index is 12.7. The zero-order valence-corrected chi connectivity index (χ0v) is 17.6. The van der Waals surface area contributed by atoms with E-state index in [1.54, 1.807) is 29.2 Å². The predicted molar refractivity (Wildman–Crippen MR) is 114 cm³/mol. The third-order valence-electron chi connectivity index (χ3n) is 5.22. The Morgan fingerprint density at radius 3 is 2.34 bits per heavy atom. The molecule has 1 atom stereocenters. The quantitative estimate of drug-likeness (QED) is 0.705. The summed E-state index contributed by atoms with van der Waals surface area (Å²) in [4.78, 5) is 39.2. The van der Waals surface area contributed by atoms with Crippen LogP contribution in [0.5, 0.6) is 0 Å². The molecule has 1 saturated heterocycles. The minimum absolute atomic E-state index is 0.0651. The number of likely N-dealkylation sites (N-methyl/N-ethyl adjacent to an activating group) is 1. The summed E-state index contributed by atoms with van der Waals surface area (Å²) in [6.07, 6.45) is -4.57. The second-order valence-electron chi connectivity index (χ2n) is 7.63. The van der Waals surface area contributed by atoms with Gasteiger partial charge in [0.15, 0.2) is 0 Å². The van der Waals surface area contributed by atoms with Crippen LogP contribution in [-0.2, 0) is 20.8 Å². The fourth-order valence-electron chi connectivity index (χ4n) is 3.65. The normalized spacial score (nSPS) is 16.2. The average molecular weight is 447 g/mol. The molecule has 32 heavy (non-hydrogen) atoms. The summed E-state index contributed by atoms with van der Waals surface area (Å²) in [6, 6.07) is 16.0. The van der Waals surface area contributed by atoms with Crippen molar-refractivity contribution in [2.24, 2.45) is 5.92 Å². The van der Waals surface area contributed by atoms with Gasteiger partial charge in [-0.15, -0.1) is 0 Å². The first-order chi connectivity index (χ1) is 15.2. The lowest BCUT2D eigenvalue weighted by atomic mass is 10.1. The van der Waals surface area contributed by atoms with Gasteiger partial charge in [-0.1, -0.05) is 30.3 Å². The zero-order chi connectivity index (χ0) is 23.3. The SMILES string of the molecule is CCN(C(=O)Cc1ccc(NC(=O)C2CC(=O)N(CC(F)(F)F)C2)cc1)c1ccccc1. The van der Waals surface area contributed by atoms with Crippen LogP contribution in [0.3, 0.4) is 0 Å². The van der Waals surface area contributed by atoms with Crippen molar-refractivity contribution >= 4 is 29.1 Å². The molecule has 0 radical (unpaired) electrons. The number of para-hydroxylation sites is 1. The van der Waals surface area contributed by atoms with Crippen LogP contribution in [0.2, 0.25) is 0 Å². The Labute approximate surface area is 184 Å². The maximum atomic E-state index is 12.7. The topological polar surface area (TPSA) is 69.7 Å². The molecule has 0 spiro atoms. The summed E-state index contributed by atoms with van der Waals surface area (Å²) in [6.45, 7) is 0.814. The molecule has 0 aliphatic carbocycles. The number of benzene rings is 2. The molecule has 0 aromatic heterocycles. The van der Waals surface area contributed by atoms with Crippen molar-refractivity contribution in [3.63, 3.8) is 0 Å². The monoisotopic (exact) mass is 447 g/mol. The first-order valence-electron chi connectivity index (χ1n) is 10.3. The van der Waals surface area contributed by atoms with E-state index < -0.39 is 30.5 Å². The fourth-order valence-corrected chi connectivity index (χ4v) is 3.65. The number of alkyl halides is 3. The number of hydrogen-bond donors (Lipinski definition) is 1. The van der Waals surface area contributed by atoms with Crippen LogP contribution in [-0.4, -0.2) is 48.4 Å². The molecule has 0 bridgehead atoms. The van der Waals surface area contributed by atoms with Crippen molar-refractivity contribution in [2.45, 2.75) is 25.9 Å². The molecule has 0 saturated carbocycles. The molecule has 1 aliphatic rings. The van der Waals surface area contributed by atoms with E-state index in [4.69, 9.17) is 0 Å². The molecule has 1 heterocycles. The van der Waals surface area contributed by atoms with E-state index in [0.29, 0.717) is 17.1 Å². The minimum Gasteiger partial charge on any atom is -0.333 e. The van der Waals surface area contributed by atoms with Crippen molar-refractivity contribution in [1.29, 1.82) is 0 Å². The lowest BCUT2D eigenvalue weighted by molar-refractivity contribution is -0.157. The van der Waals surface area contributed by atoms with Crippen LogP contribution < -0.4 is 10.2 Å². The lowest BCUT2D eigenvalue weighted by Gasteiger charge is -2.21. The highest BCUT2D eigenvalue weighted by atomic mass is 19.4. The van der Waals surface area contributed by atoms with Crippen molar-refractivity contribution < 1.29 is 27.6 Å². The van der Waals surface area contributed by atoms with Gasteiger partial charge in [0.2, 0.25) is 17.7 Å². The van der Waals surface area contributed by atoms with Gasteiger partial charge in [-0.2, -0.15) is 13.2 Å². The highest BCUT2D eigenvalue weighted by molar-refractivity contribution is 5.97. The second-order valence-corrected chi connectivity index (χ2v) is 7.63. The van der Waals surface area contributed by atoms with Gasteiger partial charge in [0, 0.05) is 30.9 Å². The number of rotatable bonds is 7. The average Bonchev–Trinajstić information content (AvgIpc) is 3.09. The second kappa shape index (κ2) is 9.84. The van der Waals surface area contributed by atoms with Crippen LogP contribution in [0.25, 0.3) is 0 Å². The Balaban J connectivity index is 1.56. The van der Waals surface area contributed by atoms with E-state index in [-0.39, 0.29) is 25.3 Å². The first-order valence-corrected chi connectivity index (χ1v) is 10.3. The maximum Gasteiger partial charge on any atom is 0.406 e. The first kappa shape index (κ1) is 23.3. The van der Waals surface area contributed by atoms with E-state index >= 15 is 0 Å². The molecule has 2 aromatic carbocycles. The summed E-state index contributed by atoms with van der Waals surface area (Å²) in [5.41, 5.74) is 2.02. The van der Waals surface area contributed by atoms with Gasteiger partial charge in [0.05, 0.1) is 12.3 Å². The number of nitrogens with zero attached hydrogens (tertiary/aromatic N) is 2. The fraction of sp³-hybridized carbons (Fsp3) is 0.348. The highest BCUT2D eigenvalue weighted by Crippen LogP contribution is 2.25. The molecule has 3 amide bonds. The number of likely N-dealkylation sites (tertiary alicyclic amines) is 1. The highest BCUT2D eigenvalue weighted by Gasteiger charge is 2.40. The number of carbonyl (C=O) groups excluding carboxylic acids is 3. The smallest absolute Gasteiger partial charge is 0.333 e. The van der Waals surface area contributed by atoms with Crippen LogP contribution in [0.15, 0.2) is 54.6 Å². The Morgan fingerprint density at radius 2 is 1.75 bits per heavy atom. The van der Waals surface area contributed by atoms with Gasteiger partial charge >= 0.3 is 6.18 Å². The molecular weight excluding hydrogens is 423 g/mol. The van der Waals surface area contributed by atoms with Gasteiger partial charge in [-0.25, -0.2) is 0 Å². The van der Waals surface area contributed by atoms with E-state index in [0.717, 1.165) is 11.3 Å². The molecule has 9 heteroatoms. The van der Waals surface area contributed by atoms with Crippen LogP contribution >= 0.6 is 0 Å². The zero-order valence-electron chi connectivity index (χ0n) is 17.6. The third kappa shape index (κ3) is 6.09. The van der Waals surface area contributed by atoms with Gasteiger partial charge in [0.25, 0.3) is 0 Å². The molecule has 1 unspecified atom stereocenters. The Kier molecular flexibility index (Phi) is 7.17. The molecule has 1 aliphatic heterocycles. The Morgan fingerprint density at radius 1 is 1.09 bits per heavy atom. The number of nitrogens with one attached hydrogen (secondary N) is 1. The molecule has 170 valence electrons. The molecule has 1 fully saturated rings. The van der Waals surface area contributed by atoms with E-state index in [9.17, 15) is 27.6 Å². The lowest BCUT2D eigenvalue weighted by Crippen LogP contribution is -2.36. The van der Waals surface area contributed by atoms with Gasteiger partial charge in [-0.05, 0) is 36.8 Å². The Hall–Kier alpha value is -3.36. The molecular formula is C23H24F3N3O3. The molecule has 3 rings (SSSR count). The standard InChI is InChI=1S/C23H24F3N3O3/c1-2-29(19-6-4-3-5-7-19)21(31)12-16-8-10-18(11-9-16)27-22(32)17-13-20(30)28(14-17)15-23(24,25)26/h3-11,17H,2,12-15H2,1H3,(H,27,32). The van der Waals surface area contributed by atoms with E-state index in [1.807, 2.05) is 37.3 Å². The van der Waals surface area contributed by atoms with Gasteiger partial charge in [0.1, 0.15) is 6.54 Å². The van der Waals surface area contributed by atoms with Crippen LogP contribution in [0.1, 0.15) is 18.9 Å². The summed E-state index contributed by atoms with van der Waals surface area (Å²) in [7, 11) is 0. The largest absolute Gasteiger partial charge is 0.406 e. The summed E-state index contributed by atoms with van der Waals surface area (Å²) >= 11 is 0. The number of hydrogen-bond acceptors (Lipinski definition) is 3. The van der Waals surface area contributed by atoms with Crippen molar-refractivity contribution in [3.05, 3.63) is 60.2 Å². The summed E-state index contributed by atoms with van der Waals surface area (Å²) in [5.74, 6) is -2.09. The number of carbonyl (C=O) groups is 3. The minimum atomic E-state index is -4.50. The van der Waals surface area contributed by atoms with Crippen LogP contribution in [0, 0.1) is 5.92 Å². The van der Waals surface area contributed by atoms with E-state index in [1.165, 1.54) is 0 Å². The van der Waals surface area contributed by atoms with Crippen molar-refractivity contribution in [2.75, 3.05) is 29.9 Å². The number of halogens is 3. The predicted octanol–water partition coefficient (Wildman–Crippen LogP) is 3.63. The van der Waals surface area contributed by atoms with Gasteiger partial charge in [-0.3, -0.25) is 14.4 Å². The van der Waals surface area contributed by atoms with Crippen molar-refractivity contribution in [1.82, 2.24) is 4.90 Å². The van der Waals surface area contributed by atoms with Crippen LogP contribution in [0.4, 0.5) is 24.5 Å². The third-order valence-corrected chi connectivity index (χ3v) is 5.22. The van der Waals surface area contributed by atoms with Gasteiger partial charge < -0.3 is 15.1 Å². The summed E-state index contributed by atoms with van der Waals surface area (Å²) in [5, 5.41) is 2.63. The van der Waals surface area contributed by atoms with Crippen molar-refractivity contribution in [3.8, 4) is 0 Å². The Bertz CT molecular complexity index is 962. The molecule has 2 aromatic rings. The number of amides is 3.